The molecule has 1 saturated heterocycles. The maximum Gasteiger partial charge on any atom is 0.269 e. The Kier molecular flexibility index (Phi) is 3.75. The van der Waals surface area contributed by atoms with Crippen LogP contribution >= 0.6 is 0 Å². The van der Waals surface area contributed by atoms with Gasteiger partial charge in [-0.2, -0.15) is 0 Å². The fraction of sp³-hybridized carbons (Fsp3) is 0.571. The van der Waals surface area contributed by atoms with Crippen molar-refractivity contribution in [2.75, 3.05) is 18.8 Å². The van der Waals surface area contributed by atoms with Gasteiger partial charge in [0.25, 0.3) is 5.69 Å². The molecule has 0 amide bonds. The van der Waals surface area contributed by atoms with E-state index < -0.39 is 0 Å². The Bertz CT molecular complexity index is 486. The van der Waals surface area contributed by atoms with Crippen molar-refractivity contribution < 1.29 is 4.92 Å². The van der Waals surface area contributed by atoms with Gasteiger partial charge in [0.05, 0.1) is 4.92 Å². The van der Waals surface area contributed by atoms with Crippen molar-refractivity contribution in [3.63, 3.8) is 0 Å². The third-order valence-corrected chi connectivity index (χ3v) is 3.71. The number of benzene rings is 1. The van der Waals surface area contributed by atoms with Gasteiger partial charge in [-0.3, -0.25) is 15.0 Å². The Labute approximate surface area is 113 Å². The molecule has 5 nitrogen and oxygen atoms in total. The van der Waals surface area contributed by atoms with Crippen molar-refractivity contribution in [2.45, 2.75) is 33.2 Å². The smallest absolute Gasteiger partial charge is 0.269 e. The molecule has 0 bridgehead atoms. The van der Waals surface area contributed by atoms with Crippen LogP contribution in [0.3, 0.4) is 0 Å². The predicted molar refractivity (Wildman–Crippen MR) is 75.8 cm³/mol. The molecule has 0 saturated carbocycles. The summed E-state index contributed by atoms with van der Waals surface area (Å²) in [5.41, 5.74) is 7.84. The molecule has 2 N–H and O–H groups in total. The number of rotatable bonds is 3. The molecule has 5 heteroatoms. The highest BCUT2D eigenvalue weighted by molar-refractivity contribution is 5.52. The Morgan fingerprint density at radius 1 is 1.47 bits per heavy atom. The van der Waals surface area contributed by atoms with Crippen LogP contribution in [0.5, 0.6) is 0 Å². The molecule has 0 aromatic heterocycles. The van der Waals surface area contributed by atoms with E-state index in [2.05, 4.69) is 18.7 Å². The molecule has 1 aliphatic rings. The summed E-state index contributed by atoms with van der Waals surface area (Å²) < 4.78 is 0. The van der Waals surface area contributed by atoms with Crippen LogP contribution in [0.4, 0.5) is 11.4 Å². The summed E-state index contributed by atoms with van der Waals surface area (Å²) in [5, 5.41) is 10.8. The van der Waals surface area contributed by atoms with Gasteiger partial charge in [0.15, 0.2) is 0 Å². The molecule has 0 unspecified atom stereocenters. The summed E-state index contributed by atoms with van der Waals surface area (Å²) in [7, 11) is 0. The lowest BCUT2D eigenvalue weighted by molar-refractivity contribution is -0.384. The SMILES string of the molecule is CC1(C)CCCN(Cc2cc([N+](=O)[O-])ccc2N)C1. The second-order valence-corrected chi connectivity index (χ2v) is 6.12. The molecule has 0 aliphatic carbocycles. The molecule has 1 heterocycles. The summed E-state index contributed by atoms with van der Waals surface area (Å²) in [6.07, 6.45) is 2.40. The zero-order valence-electron chi connectivity index (χ0n) is 11.6. The van der Waals surface area contributed by atoms with Gasteiger partial charge in [-0.1, -0.05) is 13.8 Å². The van der Waals surface area contributed by atoms with Crippen molar-refractivity contribution in [3.05, 3.63) is 33.9 Å². The minimum atomic E-state index is -0.372. The lowest BCUT2D eigenvalue weighted by atomic mass is 9.84. The number of likely N-dealkylation sites (tertiary alicyclic amines) is 1. The third-order valence-electron chi connectivity index (χ3n) is 3.71. The number of anilines is 1. The molecule has 0 atom stereocenters. The maximum atomic E-state index is 10.8. The lowest BCUT2D eigenvalue weighted by Crippen LogP contribution is -2.39. The van der Waals surface area contributed by atoms with Crippen molar-refractivity contribution in [1.82, 2.24) is 4.90 Å². The molecule has 1 aromatic carbocycles. The normalized spacial score (nSPS) is 19.3. The van der Waals surface area contributed by atoms with Crippen LogP contribution in [0.15, 0.2) is 18.2 Å². The quantitative estimate of drug-likeness (QED) is 0.517. The Morgan fingerprint density at radius 2 is 2.21 bits per heavy atom. The van der Waals surface area contributed by atoms with E-state index in [0.717, 1.165) is 18.7 Å². The number of nitrogens with two attached hydrogens (primary N) is 1. The van der Waals surface area contributed by atoms with Crippen LogP contribution in [0.1, 0.15) is 32.3 Å². The van der Waals surface area contributed by atoms with Crippen molar-refractivity contribution >= 4 is 11.4 Å². The van der Waals surface area contributed by atoms with E-state index in [-0.39, 0.29) is 10.6 Å². The first-order valence-electron chi connectivity index (χ1n) is 6.62. The molecule has 0 spiro atoms. The highest BCUT2D eigenvalue weighted by Gasteiger charge is 2.26. The van der Waals surface area contributed by atoms with Gasteiger partial charge >= 0.3 is 0 Å². The first-order valence-corrected chi connectivity index (χ1v) is 6.62. The molecule has 104 valence electrons. The topological polar surface area (TPSA) is 72.4 Å². The van der Waals surface area contributed by atoms with E-state index in [1.165, 1.54) is 18.9 Å². The summed E-state index contributed by atoms with van der Waals surface area (Å²) in [5.74, 6) is 0. The largest absolute Gasteiger partial charge is 0.398 e. The van der Waals surface area contributed by atoms with Gasteiger partial charge in [-0.15, -0.1) is 0 Å². The Morgan fingerprint density at radius 3 is 2.84 bits per heavy atom. The van der Waals surface area contributed by atoms with Crippen molar-refractivity contribution in [1.29, 1.82) is 0 Å². The minimum Gasteiger partial charge on any atom is -0.398 e. The fourth-order valence-electron chi connectivity index (χ4n) is 2.76. The lowest BCUT2D eigenvalue weighted by Gasteiger charge is -2.38. The highest BCUT2D eigenvalue weighted by Crippen LogP contribution is 2.30. The summed E-state index contributed by atoms with van der Waals surface area (Å²) in [4.78, 5) is 12.8. The van der Waals surface area contributed by atoms with Gasteiger partial charge in [0.2, 0.25) is 0 Å². The number of nitro groups is 1. The van der Waals surface area contributed by atoms with E-state index in [1.54, 1.807) is 12.1 Å². The van der Waals surface area contributed by atoms with Crippen LogP contribution in [0.2, 0.25) is 0 Å². The number of nitro benzene ring substituents is 1. The van der Waals surface area contributed by atoms with Gasteiger partial charge in [-0.25, -0.2) is 0 Å². The predicted octanol–water partition coefficient (Wildman–Crippen LogP) is 2.80. The Hall–Kier alpha value is -1.62. The van der Waals surface area contributed by atoms with Gasteiger partial charge in [-0.05, 0) is 36.4 Å². The van der Waals surface area contributed by atoms with Crippen LogP contribution in [-0.2, 0) is 6.54 Å². The number of hydrogen-bond donors (Lipinski definition) is 1. The number of hydrogen-bond acceptors (Lipinski definition) is 4. The van der Waals surface area contributed by atoms with E-state index in [1.807, 2.05) is 0 Å². The fourth-order valence-corrected chi connectivity index (χ4v) is 2.76. The number of nitrogen functional groups attached to an aromatic ring is 1. The molecule has 2 rings (SSSR count). The zero-order chi connectivity index (χ0) is 14.0. The first-order chi connectivity index (χ1) is 8.87. The molecule has 19 heavy (non-hydrogen) atoms. The molecule has 0 radical (unpaired) electrons. The maximum absolute atomic E-state index is 10.8. The van der Waals surface area contributed by atoms with Gasteiger partial charge < -0.3 is 5.73 Å². The summed E-state index contributed by atoms with van der Waals surface area (Å²) >= 11 is 0. The molecule has 1 aromatic rings. The second kappa shape index (κ2) is 5.17. The van der Waals surface area contributed by atoms with Crippen molar-refractivity contribution in [2.24, 2.45) is 5.41 Å². The average molecular weight is 263 g/mol. The van der Waals surface area contributed by atoms with Crippen LogP contribution in [0.25, 0.3) is 0 Å². The first kappa shape index (κ1) is 13.8. The van der Waals surface area contributed by atoms with Crippen LogP contribution < -0.4 is 5.73 Å². The number of nitrogens with zero attached hydrogens (tertiary/aromatic N) is 2. The second-order valence-electron chi connectivity index (χ2n) is 6.12. The van der Waals surface area contributed by atoms with E-state index in [4.69, 9.17) is 5.73 Å². The van der Waals surface area contributed by atoms with Gasteiger partial charge in [0, 0.05) is 30.9 Å². The van der Waals surface area contributed by atoms with Crippen LogP contribution in [0, 0.1) is 15.5 Å². The van der Waals surface area contributed by atoms with E-state index in [0.29, 0.717) is 17.6 Å². The molecule has 1 aliphatic heterocycles. The van der Waals surface area contributed by atoms with E-state index >= 15 is 0 Å². The average Bonchev–Trinajstić information content (AvgIpc) is 2.30. The number of non-ortho nitro benzene ring substituents is 1. The standard InChI is InChI=1S/C14H21N3O2/c1-14(2)6-3-7-16(10-14)9-11-8-12(17(18)19)4-5-13(11)15/h4-5,8H,3,6-7,9-10,15H2,1-2H3. The van der Waals surface area contributed by atoms with Crippen LogP contribution in [-0.4, -0.2) is 22.9 Å². The van der Waals surface area contributed by atoms with Crippen molar-refractivity contribution in [3.8, 4) is 0 Å². The number of piperidine rings is 1. The third kappa shape index (κ3) is 3.44. The monoisotopic (exact) mass is 263 g/mol. The summed E-state index contributed by atoms with van der Waals surface area (Å²) in [6.45, 7) is 7.25. The molecule has 1 fully saturated rings. The highest BCUT2D eigenvalue weighted by atomic mass is 16.6. The molecular formula is C14H21N3O2. The summed E-state index contributed by atoms with van der Waals surface area (Å²) in [6, 6.07) is 4.68. The Balaban J connectivity index is 2.14. The van der Waals surface area contributed by atoms with Gasteiger partial charge in [0.1, 0.15) is 0 Å². The molecular weight excluding hydrogens is 242 g/mol. The van der Waals surface area contributed by atoms with E-state index in [9.17, 15) is 10.1 Å². The minimum absolute atomic E-state index is 0.112. The zero-order valence-corrected chi connectivity index (χ0v) is 11.6.